The first-order chi connectivity index (χ1) is 13.3. The average Bonchev–Trinajstić information content (AvgIpc) is 3.26. The zero-order valence-electron chi connectivity index (χ0n) is 17.8. The van der Waals surface area contributed by atoms with Gasteiger partial charge < -0.3 is 9.84 Å². The van der Waals surface area contributed by atoms with Crippen molar-refractivity contribution in [1.29, 1.82) is 0 Å². The first-order valence-corrected chi connectivity index (χ1v) is 11.3. The molecule has 2 heteroatoms. The molecule has 1 aromatic rings. The molecule has 1 aromatic carbocycles. The van der Waals surface area contributed by atoms with Crippen molar-refractivity contribution in [2.24, 2.45) is 0 Å². The van der Waals surface area contributed by atoms with Crippen LogP contribution in [-0.4, -0.2) is 18.3 Å². The number of phenols is 1. The van der Waals surface area contributed by atoms with Crippen molar-refractivity contribution in [2.45, 2.75) is 97.3 Å². The van der Waals surface area contributed by atoms with Gasteiger partial charge in [-0.15, -0.1) is 0 Å². The Morgan fingerprint density at radius 1 is 0.889 bits per heavy atom. The van der Waals surface area contributed by atoms with Gasteiger partial charge in [0.2, 0.25) is 0 Å². The van der Waals surface area contributed by atoms with Crippen LogP contribution in [0.2, 0.25) is 0 Å². The van der Waals surface area contributed by atoms with E-state index in [1.54, 1.807) is 6.07 Å². The van der Waals surface area contributed by atoms with Gasteiger partial charge in [0.1, 0.15) is 5.75 Å². The van der Waals surface area contributed by atoms with Crippen LogP contribution in [0.15, 0.2) is 24.3 Å². The van der Waals surface area contributed by atoms with Crippen molar-refractivity contribution < 1.29 is 9.84 Å². The molecule has 0 atom stereocenters. The van der Waals surface area contributed by atoms with Crippen molar-refractivity contribution in [3.8, 4) is 5.75 Å². The number of ether oxygens (including phenoxy) is 1. The van der Waals surface area contributed by atoms with Crippen molar-refractivity contribution in [2.75, 3.05) is 13.2 Å². The van der Waals surface area contributed by atoms with Crippen LogP contribution >= 0.6 is 0 Å². The normalized spacial score (nSPS) is 13.7. The largest absolute Gasteiger partial charge is 0.507 e. The summed E-state index contributed by atoms with van der Waals surface area (Å²) in [6.07, 6.45) is 21.3. The van der Waals surface area contributed by atoms with Gasteiger partial charge in [-0.3, -0.25) is 0 Å². The summed E-state index contributed by atoms with van der Waals surface area (Å²) in [5.41, 5.74) is 2.28. The molecule has 27 heavy (non-hydrogen) atoms. The third kappa shape index (κ3) is 11.9. The van der Waals surface area contributed by atoms with Gasteiger partial charge in [0.15, 0.2) is 0 Å². The van der Waals surface area contributed by atoms with E-state index in [-0.39, 0.29) is 0 Å². The highest BCUT2D eigenvalue weighted by molar-refractivity contribution is 5.60. The second kappa shape index (κ2) is 16.9. The number of benzene rings is 1. The van der Waals surface area contributed by atoms with E-state index in [1.165, 1.54) is 82.6 Å². The molecule has 1 saturated heterocycles. The van der Waals surface area contributed by atoms with Gasteiger partial charge >= 0.3 is 0 Å². The van der Waals surface area contributed by atoms with E-state index in [0.29, 0.717) is 5.75 Å². The minimum absolute atomic E-state index is 0.405. The summed E-state index contributed by atoms with van der Waals surface area (Å²) < 4.78 is 4.94. The van der Waals surface area contributed by atoms with Crippen LogP contribution in [0, 0.1) is 0 Å². The Morgan fingerprint density at radius 2 is 1.48 bits per heavy atom. The standard InChI is InChI=1S/C21H34O.C4H8O/c1-3-5-6-7-8-9-10-11-12-13-16-19-17-14-18-21(22)20(19)15-4-2;1-2-4-5-3-1/h4,14-15,17-18,22H,3,5-13,16H2,1-2H3;1-4H2. The Kier molecular flexibility index (Phi) is 14.8. The lowest BCUT2D eigenvalue weighted by atomic mass is 9.99. The molecule has 0 aromatic heterocycles. The Balaban J connectivity index is 0.000000625. The zero-order chi connectivity index (χ0) is 19.6. The molecule has 2 rings (SSSR count). The van der Waals surface area contributed by atoms with Gasteiger partial charge in [0, 0.05) is 18.8 Å². The highest BCUT2D eigenvalue weighted by Gasteiger charge is 2.04. The van der Waals surface area contributed by atoms with E-state index in [1.807, 2.05) is 25.1 Å². The monoisotopic (exact) mass is 374 g/mol. The minimum Gasteiger partial charge on any atom is -0.507 e. The summed E-state index contributed by atoms with van der Waals surface area (Å²) in [5, 5.41) is 9.93. The summed E-state index contributed by atoms with van der Waals surface area (Å²) in [6.45, 7) is 6.27. The smallest absolute Gasteiger partial charge is 0.123 e. The van der Waals surface area contributed by atoms with Gasteiger partial charge in [-0.2, -0.15) is 0 Å². The molecular weight excluding hydrogens is 332 g/mol. The second-order valence-corrected chi connectivity index (χ2v) is 7.60. The third-order valence-electron chi connectivity index (χ3n) is 5.13. The molecule has 2 nitrogen and oxygen atoms in total. The van der Waals surface area contributed by atoms with Crippen molar-refractivity contribution in [3.63, 3.8) is 0 Å². The molecule has 0 saturated carbocycles. The molecule has 1 fully saturated rings. The fourth-order valence-electron chi connectivity index (χ4n) is 3.49. The molecule has 0 radical (unpaired) electrons. The lowest BCUT2D eigenvalue weighted by Gasteiger charge is -2.08. The number of phenolic OH excluding ortho intramolecular Hbond substituents is 1. The molecule has 1 N–H and O–H groups in total. The van der Waals surface area contributed by atoms with E-state index < -0.39 is 0 Å². The summed E-state index contributed by atoms with van der Waals surface area (Å²) >= 11 is 0. The van der Waals surface area contributed by atoms with Gasteiger partial charge in [-0.25, -0.2) is 0 Å². The number of aryl methyl sites for hydroxylation is 1. The van der Waals surface area contributed by atoms with Crippen LogP contribution in [0.1, 0.15) is 102 Å². The SMILES string of the molecule is C1CCOC1.CC=Cc1c(O)cccc1CCCCCCCCCCCC. The van der Waals surface area contributed by atoms with Crippen molar-refractivity contribution >= 4 is 6.08 Å². The Labute approximate surface area is 168 Å². The number of aromatic hydroxyl groups is 1. The Hall–Kier alpha value is -1.28. The number of hydrogen-bond acceptors (Lipinski definition) is 2. The molecule has 0 amide bonds. The highest BCUT2D eigenvalue weighted by Crippen LogP contribution is 2.24. The van der Waals surface area contributed by atoms with E-state index in [2.05, 4.69) is 13.0 Å². The van der Waals surface area contributed by atoms with E-state index in [4.69, 9.17) is 4.74 Å². The first-order valence-electron chi connectivity index (χ1n) is 11.3. The molecule has 1 aliphatic heterocycles. The molecule has 0 unspecified atom stereocenters. The van der Waals surface area contributed by atoms with Crippen LogP contribution in [0.3, 0.4) is 0 Å². The molecule has 1 heterocycles. The van der Waals surface area contributed by atoms with Gasteiger partial charge in [0.25, 0.3) is 0 Å². The summed E-state index contributed by atoms with van der Waals surface area (Å²) in [6, 6.07) is 5.87. The van der Waals surface area contributed by atoms with Crippen LogP contribution in [-0.2, 0) is 11.2 Å². The van der Waals surface area contributed by atoms with E-state index >= 15 is 0 Å². The zero-order valence-corrected chi connectivity index (χ0v) is 17.8. The lowest BCUT2D eigenvalue weighted by molar-refractivity contribution is 0.198. The molecule has 0 spiro atoms. The fourth-order valence-corrected chi connectivity index (χ4v) is 3.49. The number of unbranched alkanes of at least 4 members (excludes halogenated alkanes) is 9. The van der Waals surface area contributed by atoms with Gasteiger partial charge in [0.05, 0.1) is 0 Å². The molecular formula is C25H42O2. The third-order valence-corrected chi connectivity index (χ3v) is 5.13. The Morgan fingerprint density at radius 3 is 2.00 bits per heavy atom. The summed E-state index contributed by atoms with van der Waals surface area (Å²) in [4.78, 5) is 0. The average molecular weight is 375 g/mol. The number of allylic oxidation sites excluding steroid dienone is 1. The fraction of sp³-hybridized carbons (Fsp3) is 0.680. The van der Waals surface area contributed by atoms with E-state index in [0.717, 1.165) is 25.2 Å². The molecule has 154 valence electrons. The Bertz CT molecular complexity index is 481. The first kappa shape index (κ1) is 23.8. The molecule has 0 bridgehead atoms. The highest BCUT2D eigenvalue weighted by atomic mass is 16.5. The van der Waals surface area contributed by atoms with Crippen molar-refractivity contribution in [3.05, 3.63) is 35.4 Å². The maximum Gasteiger partial charge on any atom is 0.123 e. The van der Waals surface area contributed by atoms with Crippen LogP contribution in [0.4, 0.5) is 0 Å². The quantitative estimate of drug-likeness (QED) is 0.380. The maximum atomic E-state index is 9.93. The van der Waals surface area contributed by atoms with Crippen LogP contribution in [0.25, 0.3) is 6.08 Å². The summed E-state index contributed by atoms with van der Waals surface area (Å²) in [5.74, 6) is 0.405. The topological polar surface area (TPSA) is 29.5 Å². The number of hydrogen-bond donors (Lipinski definition) is 1. The van der Waals surface area contributed by atoms with Gasteiger partial charge in [-0.1, -0.05) is 89.0 Å². The molecule has 1 aliphatic rings. The maximum absolute atomic E-state index is 9.93. The lowest BCUT2D eigenvalue weighted by Crippen LogP contribution is -1.91. The molecule has 0 aliphatic carbocycles. The van der Waals surface area contributed by atoms with E-state index in [9.17, 15) is 5.11 Å². The second-order valence-electron chi connectivity index (χ2n) is 7.60. The predicted molar refractivity (Wildman–Crippen MR) is 118 cm³/mol. The van der Waals surface area contributed by atoms with Crippen LogP contribution in [0.5, 0.6) is 5.75 Å². The number of rotatable bonds is 12. The van der Waals surface area contributed by atoms with Crippen LogP contribution < -0.4 is 0 Å². The minimum atomic E-state index is 0.405. The van der Waals surface area contributed by atoms with Crippen molar-refractivity contribution in [1.82, 2.24) is 0 Å². The summed E-state index contributed by atoms with van der Waals surface area (Å²) in [7, 11) is 0. The predicted octanol–water partition coefficient (Wildman–Crippen LogP) is 7.69. The van der Waals surface area contributed by atoms with Gasteiger partial charge in [-0.05, 0) is 44.2 Å².